The van der Waals surface area contributed by atoms with Crippen molar-refractivity contribution in [2.75, 3.05) is 11.9 Å². The second kappa shape index (κ2) is 6.34. The van der Waals surface area contributed by atoms with E-state index in [0.29, 0.717) is 0 Å². The molecule has 112 valence electrons. The molecule has 2 rings (SSSR count). The predicted octanol–water partition coefficient (Wildman–Crippen LogP) is 3.74. The second-order valence-corrected chi connectivity index (χ2v) is 5.16. The highest BCUT2D eigenvalue weighted by Crippen LogP contribution is 2.28. The van der Waals surface area contributed by atoms with Crippen LogP contribution in [0.4, 0.5) is 18.9 Å². The van der Waals surface area contributed by atoms with Gasteiger partial charge in [0, 0.05) is 29.3 Å². The summed E-state index contributed by atoms with van der Waals surface area (Å²) in [6, 6.07) is 10.4. The molecule has 1 aromatic heterocycles. The van der Waals surface area contributed by atoms with Crippen LogP contribution in [0.15, 0.2) is 51.7 Å². The van der Waals surface area contributed by atoms with Gasteiger partial charge in [0.2, 0.25) is 0 Å². The van der Waals surface area contributed by atoms with Gasteiger partial charge in [-0.2, -0.15) is 13.2 Å². The van der Waals surface area contributed by atoms with Crippen LogP contribution in [0.2, 0.25) is 0 Å². The fourth-order valence-electron chi connectivity index (χ4n) is 1.91. The molecule has 0 aliphatic rings. The normalized spacial score (nSPS) is 11.4. The smallest absolute Gasteiger partial charge is 0.382 e. The van der Waals surface area contributed by atoms with E-state index in [-0.39, 0.29) is 13.1 Å². The SMILES string of the molecule is O=c1cccc(C(F)(F)F)n1CCNc1ccccc1Br. The van der Waals surface area contributed by atoms with Crippen LogP contribution in [0.25, 0.3) is 0 Å². The van der Waals surface area contributed by atoms with Gasteiger partial charge >= 0.3 is 6.18 Å². The summed E-state index contributed by atoms with van der Waals surface area (Å²) < 4.78 is 40.1. The number of para-hydroxylation sites is 1. The Morgan fingerprint density at radius 1 is 1.10 bits per heavy atom. The van der Waals surface area contributed by atoms with E-state index in [1.165, 1.54) is 0 Å². The van der Waals surface area contributed by atoms with Crippen molar-refractivity contribution in [1.82, 2.24) is 4.57 Å². The zero-order valence-corrected chi connectivity index (χ0v) is 12.4. The van der Waals surface area contributed by atoms with Crippen LogP contribution < -0.4 is 10.9 Å². The molecule has 0 radical (unpaired) electrons. The maximum atomic E-state index is 12.9. The lowest BCUT2D eigenvalue weighted by molar-refractivity contribution is -0.144. The minimum atomic E-state index is -4.55. The Hall–Kier alpha value is -1.76. The van der Waals surface area contributed by atoms with E-state index in [9.17, 15) is 18.0 Å². The molecular formula is C14H12BrF3N2O. The largest absolute Gasteiger partial charge is 0.431 e. The summed E-state index contributed by atoms with van der Waals surface area (Å²) in [6.45, 7) is 0.130. The first-order valence-corrected chi connectivity index (χ1v) is 6.94. The van der Waals surface area contributed by atoms with Crippen LogP contribution in [0.1, 0.15) is 5.69 Å². The molecule has 0 unspecified atom stereocenters. The van der Waals surface area contributed by atoms with Gasteiger partial charge in [0.1, 0.15) is 5.69 Å². The van der Waals surface area contributed by atoms with Crippen LogP contribution in [0.5, 0.6) is 0 Å². The van der Waals surface area contributed by atoms with Crippen molar-refractivity contribution >= 4 is 21.6 Å². The third kappa shape index (κ3) is 3.87. The maximum absolute atomic E-state index is 12.9. The number of halogens is 4. The van der Waals surface area contributed by atoms with Crippen molar-refractivity contribution < 1.29 is 13.2 Å². The van der Waals surface area contributed by atoms with Gasteiger partial charge in [-0.05, 0) is 34.1 Å². The molecule has 0 fully saturated rings. The van der Waals surface area contributed by atoms with Gasteiger partial charge in [-0.3, -0.25) is 4.79 Å². The highest BCUT2D eigenvalue weighted by Gasteiger charge is 2.33. The average molecular weight is 361 g/mol. The van der Waals surface area contributed by atoms with Crippen molar-refractivity contribution in [3.63, 3.8) is 0 Å². The molecule has 0 saturated carbocycles. The van der Waals surface area contributed by atoms with Crippen LogP contribution in [0, 0.1) is 0 Å². The average Bonchev–Trinajstić information content (AvgIpc) is 2.41. The number of benzene rings is 1. The first-order valence-electron chi connectivity index (χ1n) is 6.15. The van der Waals surface area contributed by atoms with Crippen molar-refractivity contribution in [2.24, 2.45) is 0 Å². The van der Waals surface area contributed by atoms with Gasteiger partial charge in [-0.15, -0.1) is 0 Å². The molecule has 2 aromatic rings. The number of hydrogen-bond donors (Lipinski definition) is 1. The first kappa shape index (κ1) is 15.6. The van der Waals surface area contributed by atoms with Crippen molar-refractivity contribution in [1.29, 1.82) is 0 Å². The molecule has 3 nitrogen and oxygen atoms in total. The molecule has 0 bridgehead atoms. The molecule has 1 heterocycles. The standard InChI is InChI=1S/C14H12BrF3N2O/c15-10-4-1-2-5-11(10)19-8-9-20-12(14(16,17)18)6-3-7-13(20)21/h1-7,19H,8-9H2. The van der Waals surface area contributed by atoms with E-state index in [4.69, 9.17) is 0 Å². The lowest BCUT2D eigenvalue weighted by Gasteiger charge is -2.15. The predicted molar refractivity (Wildman–Crippen MR) is 78.3 cm³/mol. The Balaban J connectivity index is 2.14. The van der Waals surface area contributed by atoms with Gasteiger partial charge in [-0.25, -0.2) is 0 Å². The van der Waals surface area contributed by atoms with Crippen molar-refractivity contribution in [2.45, 2.75) is 12.7 Å². The lowest BCUT2D eigenvalue weighted by Crippen LogP contribution is -2.29. The summed E-state index contributed by atoms with van der Waals surface area (Å²) in [5.41, 5.74) is -0.849. The molecule has 21 heavy (non-hydrogen) atoms. The summed E-state index contributed by atoms with van der Waals surface area (Å²) in [6.07, 6.45) is -4.55. The molecule has 0 aliphatic carbocycles. The number of nitrogens with zero attached hydrogens (tertiary/aromatic N) is 1. The minimum Gasteiger partial charge on any atom is -0.382 e. The number of alkyl halides is 3. The Kier molecular flexibility index (Phi) is 4.72. The zero-order valence-electron chi connectivity index (χ0n) is 10.8. The van der Waals surface area contributed by atoms with Crippen molar-refractivity contribution in [3.8, 4) is 0 Å². The highest BCUT2D eigenvalue weighted by atomic mass is 79.9. The number of pyridine rings is 1. The first-order chi connectivity index (χ1) is 9.89. The second-order valence-electron chi connectivity index (χ2n) is 4.31. The molecule has 0 atom stereocenters. The summed E-state index contributed by atoms with van der Waals surface area (Å²) in [5, 5.41) is 2.99. The van der Waals surface area contributed by atoms with Gasteiger partial charge < -0.3 is 9.88 Å². The van der Waals surface area contributed by atoms with Crippen LogP contribution in [0.3, 0.4) is 0 Å². The number of rotatable bonds is 4. The number of nitrogens with one attached hydrogen (secondary N) is 1. The minimum absolute atomic E-state index is 0.0736. The molecule has 1 N–H and O–H groups in total. The molecule has 0 spiro atoms. The van der Waals surface area contributed by atoms with Crippen LogP contribution >= 0.6 is 15.9 Å². The van der Waals surface area contributed by atoms with Crippen LogP contribution in [-0.4, -0.2) is 11.1 Å². The lowest BCUT2D eigenvalue weighted by atomic mass is 10.3. The third-order valence-corrected chi connectivity index (χ3v) is 3.56. The Morgan fingerprint density at radius 2 is 1.81 bits per heavy atom. The molecule has 7 heteroatoms. The monoisotopic (exact) mass is 360 g/mol. The molecule has 0 amide bonds. The van der Waals surface area contributed by atoms with E-state index in [1.807, 2.05) is 18.2 Å². The van der Waals surface area contributed by atoms with E-state index in [1.54, 1.807) is 6.07 Å². The maximum Gasteiger partial charge on any atom is 0.431 e. The van der Waals surface area contributed by atoms with E-state index in [0.717, 1.165) is 32.9 Å². The summed E-state index contributed by atoms with van der Waals surface area (Å²) >= 11 is 3.33. The van der Waals surface area contributed by atoms with Gasteiger partial charge in [-0.1, -0.05) is 18.2 Å². The van der Waals surface area contributed by atoms with Crippen LogP contribution in [-0.2, 0) is 12.7 Å². The Labute approximate surface area is 127 Å². The molecule has 1 aromatic carbocycles. The summed E-state index contributed by atoms with van der Waals surface area (Å²) in [5.74, 6) is 0. The highest BCUT2D eigenvalue weighted by molar-refractivity contribution is 9.10. The van der Waals surface area contributed by atoms with E-state index >= 15 is 0 Å². The molecular weight excluding hydrogens is 349 g/mol. The number of hydrogen-bond acceptors (Lipinski definition) is 2. The fourth-order valence-corrected chi connectivity index (χ4v) is 2.33. The van der Waals surface area contributed by atoms with Gasteiger partial charge in [0.05, 0.1) is 0 Å². The fraction of sp³-hybridized carbons (Fsp3) is 0.214. The third-order valence-electron chi connectivity index (χ3n) is 2.86. The van der Waals surface area contributed by atoms with Gasteiger partial charge in [0.15, 0.2) is 0 Å². The topological polar surface area (TPSA) is 34.0 Å². The van der Waals surface area contributed by atoms with Crippen molar-refractivity contribution in [3.05, 3.63) is 63.0 Å². The Bertz CT molecular complexity index is 682. The van der Waals surface area contributed by atoms with E-state index in [2.05, 4.69) is 21.2 Å². The quantitative estimate of drug-likeness (QED) is 0.900. The van der Waals surface area contributed by atoms with Gasteiger partial charge in [0.25, 0.3) is 5.56 Å². The number of anilines is 1. The van der Waals surface area contributed by atoms with E-state index < -0.39 is 17.4 Å². The number of aromatic nitrogens is 1. The molecule has 0 saturated heterocycles. The zero-order chi connectivity index (χ0) is 15.5. The summed E-state index contributed by atoms with van der Waals surface area (Å²) in [7, 11) is 0. The summed E-state index contributed by atoms with van der Waals surface area (Å²) in [4.78, 5) is 11.6. The molecule has 0 aliphatic heterocycles. The Morgan fingerprint density at radius 3 is 2.48 bits per heavy atom.